The monoisotopic (exact) mass is 365 g/mol. The second-order valence-corrected chi connectivity index (χ2v) is 4.15. The van der Waals surface area contributed by atoms with Crippen molar-refractivity contribution in [2.75, 3.05) is 11.8 Å². The summed E-state index contributed by atoms with van der Waals surface area (Å²) in [4.78, 5) is 19.3. The molecule has 0 aliphatic rings. The predicted molar refractivity (Wildman–Crippen MR) is 53.1 cm³/mol. The number of carbonyl (C=O) groups excluding carboxylic acids is 2. The molecule has 0 saturated heterocycles. The molecule has 2 N–H and O–H groups in total. The van der Waals surface area contributed by atoms with Crippen molar-refractivity contribution in [2.45, 2.75) is 10.1 Å². The Morgan fingerprint density at radius 1 is 0.941 bits per heavy atom. The number of carbonyl (C=O) groups is 2. The number of carboxylic acid groups (broad SMARTS) is 2. The van der Waals surface area contributed by atoms with Crippen LogP contribution in [0.3, 0.4) is 0 Å². The van der Waals surface area contributed by atoms with Gasteiger partial charge in [-0.25, -0.2) is 0 Å². The van der Waals surface area contributed by atoms with Crippen molar-refractivity contribution in [3.63, 3.8) is 0 Å². The molecule has 0 spiro atoms. The van der Waals surface area contributed by atoms with Gasteiger partial charge in [-0.1, -0.05) is 23.2 Å². The van der Waals surface area contributed by atoms with Gasteiger partial charge in [0, 0.05) is 0 Å². The Labute approximate surface area is 128 Å². The van der Waals surface area contributed by atoms with Crippen LogP contribution in [0.5, 0.6) is 0 Å². The first-order chi connectivity index (χ1) is 7.01. The average molecular weight is 367 g/mol. The molecular formula is C6H6Cl4O6V. The van der Waals surface area contributed by atoms with E-state index in [1.807, 2.05) is 0 Å². The minimum absolute atomic E-state index is 0. The molecule has 1 radical (unpaired) electrons. The van der Waals surface area contributed by atoms with Crippen LogP contribution in [0.2, 0.25) is 0 Å². The number of aliphatic carboxylic acids is 2. The maximum absolute atomic E-state index is 9.67. The number of carboxylic acids is 2. The van der Waals surface area contributed by atoms with Crippen LogP contribution >= 0.6 is 46.4 Å². The molecular weight excluding hydrogens is 361 g/mol. The summed E-state index contributed by atoms with van der Waals surface area (Å²) in [6, 6.07) is 0. The molecule has 0 bridgehead atoms. The largest absolute Gasteiger partial charge is 2.00 e. The molecule has 0 aromatic rings. The van der Waals surface area contributed by atoms with Crippen molar-refractivity contribution in [1.82, 2.24) is 0 Å². The number of rotatable bonds is 4. The van der Waals surface area contributed by atoms with E-state index in [1.54, 1.807) is 0 Å². The molecule has 0 aromatic heterocycles. The van der Waals surface area contributed by atoms with E-state index >= 15 is 0 Å². The van der Waals surface area contributed by atoms with Gasteiger partial charge in [-0.05, 0) is 0 Å². The number of aliphatic hydroxyl groups is 2. The molecule has 0 heterocycles. The normalized spacial score (nSPS) is 16.4. The smallest absolute Gasteiger partial charge is 0.546 e. The molecule has 0 fully saturated rings. The zero-order valence-corrected chi connectivity index (χ0v) is 12.3. The van der Waals surface area contributed by atoms with Gasteiger partial charge in [0.2, 0.25) is 0 Å². The molecule has 11 heteroatoms. The van der Waals surface area contributed by atoms with Gasteiger partial charge in [0.1, 0.15) is 0 Å². The first kappa shape index (κ1) is 22.8. The summed E-state index contributed by atoms with van der Waals surface area (Å²) in [7, 11) is 0. The third-order valence-corrected chi connectivity index (χ3v) is 2.60. The van der Waals surface area contributed by atoms with Gasteiger partial charge in [0.15, 0.2) is 10.1 Å². The van der Waals surface area contributed by atoms with Crippen molar-refractivity contribution in [3.8, 4) is 0 Å². The molecule has 0 aliphatic carbocycles. The number of alkyl halides is 4. The first-order valence-electron chi connectivity index (χ1n) is 3.38. The van der Waals surface area contributed by atoms with Gasteiger partial charge in [-0.2, -0.15) is 0 Å². The van der Waals surface area contributed by atoms with Crippen molar-refractivity contribution in [2.24, 2.45) is 0 Å². The molecule has 0 rings (SSSR count). The summed E-state index contributed by atoms with van der Waals surface area (Å²) in [5, 5.41) is 31.3. The fourth-order valence-electron chi connectivity index (χ4n) is 0.109. The van der Waals surface area contributed by atoms with Crippen LogP contribution in [-0.2, 0) is 28.1 Å². The van der Waals surface area contributed by atoms with Gasteiger partial charge < -0.3 is 30.0 Å². The maximum Gasteiger partial charge on any atom is 2.00 e. The number of hydrogen-bond donors (Lipinski definition) is 2. The van der Waals surface area contributed by atoms with Crippen molar-refractivity contribution in [1.29, 1.82) is 0 Å². The van der Waals surface area contributed by atoms with Crippen LogP contribution in [0.15, 0.2) is 0 Å². The quantitative estimate of drug-likeness (QED) is 0.545. The van der Waals surface area contributed by atoms with Crippen LogP contribution in [0.4, 0.5) is 0 Å². The van der Waals surface area contributed by atoms with Crippen LogP contribution in [0, 0.1) is 0 Å². The van der Waals surface area contributed by atoms with Gasteiger partial charge >= 0.3 is 18.6 Å². The van der Waals surface area contributed by atoms with E-state index < -0.39 is 33.8 Å². The minimum atomic E-state index is -2.42. The Balaban J connectivity index is -0.000000218. The molecule has 0 amide bonds. The number of hydrogen-bond acceptors (Lipinski definition) is 6. The molecule has 0 saturated carbocycles. The zero-order chi connectivity index (χ0) is 13.6. The zero-order valence-electron chi connectivity index (χ0n) is 7.90. The summed E-state index contributed by atoms with van der Waals surface area (Å²) in [5.41, 5.74) is 0. The summed E-state index contributed by atoms with van der Waals surface area (Å²) in [6.07, 6.45) is 0. The first-order valence-corrected chi connectivity index (χ1v) is 5.21. The Kier molecular flexibility index (Phi) is 12.7. The fourth-order valence-corrected chi connectivity index (χ4v) is 0.327. The van der Waals surface area contributed by atoms with Crippen LogP contribution in [0.25, 0.3) is 0 Å². The van der Waals surface area contributed by atoms with E-state index in [0.29, 0.717) is 0 Å². The predicted octanol–water partition coefficient (Wildman–Crippen LogP) is -2.20. The molecule has 17 heavy (non-hydrogen) atoms. The molecule has 0 aliphatic heterocycles. The van der Waals surface area contributed by atoms with E-state index in [0.717, 1.165) is 0 Å². The minimum Gasteiger partial charge on any atom is -0.546 e. The van der Waals surface area contributed by atoms with Crippen LogP contribution in [0.1, 0.15) is 0 Å². The molecule has 99 valence electrons. The Morgan fingerprint density at radius 2 is 1.12 bits per heavy atom. The summed E-state index contributed by atoms with van der Waals surface area (Å²) >= 11 is 19.4. The standard InChI is InChI=1S/2C3H4Cl2O3.V/c2*4-1-3(5,8)2(6)7;/h2*8H,1H2,(H,6,7);/q;;+2/p-2. The summed E-state index contributed by atoms with van der Waals surface area (Å²) in [5.74, 6) is -4.74. The van der Waals surface area contributed by atoms with Crippen LogP contribution < -0.4 is 10.2 Å². The maximum atomic E-state index is 9.67. The third kappa shape index (κ3) is 10.2. The number of halogens is 4. The third-order valence-electron chi connectivity index (χ3n) is 0.980. The van der Waals surface area contributed by atoms with E-state index in [2.05, 4.69) is 0 Å². The Hall–Kier alpha value is 0.604. The summed E-state index contributed by atoms with van der Waals surface area (Å²) in [6.45, 7) is 0. The topological polar surface area (TPSA) is 121 Å². The van der Waals surface area contributed by atoms with Gasteiger partial charge in [0.05, 0.1) is 23.7 Å². The van der Waals surface area contributed by atoms with Gasteiger partial charge in [0.25, 0.3) is 0 Å². The van der Waals surface area contributed by atoms with Crippen molar-refractivity contribution in [3.05, 3.63) is 0 Å². The van der Waals surface area contributed by atoms with Crippen LogP contribution in [-0.4, -0.2) is 44.0 Å². The average Bonchev–Trinajstić information content (AvgIpc) is 2.18. The summed E-state index contributed by atoms with van der Waals surface area (Å²) < 4.78 is 0. The molecule has 6 nitrogen and oxygen atoms in total. The molecule has 2 atom stereocenters. The van der Waals surface area contributed by atoms with Gasteiger partial charge in [-0.3, -0.25) is 0 Å². The Morgan fingerprint density at radius 3 is 1.12 bits per heavy atom. The van der Waals surface area contributed by atoms with Gasteiger partial charge in [-0.15, -0.1) is 23.2 Å². The second kappa shape index (κ2) is 9.52. The van der Waals surface area contributed by atoms with E-state index in [-0.39, 0.29) is 18.6 Å². The second-order valence-electron chi connectivity index (χ2n) is 2.36. The molecule has 2 unspecified atom stereocenters. The Bertz CT molecular complexity index is 233. The van der Waals surface area contributed by atoms with Crippen molar-refractivity contribution < 1.29 is 48.6 Å². The SMILES string of the molecule is O=C([O-])C(O)(Cl)CCl.O=C([O-])C(O)(Cl)CCl.[V+2]. The van der Waals surface area contributed by atoms with Crippen molar-refractivity contribution >= 4 is 58.3 Å². The molecule has 0 aromatic carbocycles. The van der Waals surface area contributed by atoms with E-state index in [1.165, 1.54) is 0 Å². The fraction of sp³-hybridized carbons (Fsp3) is 0.667. The van der Waals surface area contributed by atoms with E-state index in [4.69, 9.17) is 56.6 Å². The van der Waals surface area contributed by atoms with E-state index in [9.17, 15) is 19.8 Å².